The maximum absolute atomic E-state index is 11.5. The van der Waals surface area contributed by atoms with E-state index in [1.54, 1.807) is 35.0 Å². The van der Waals surface area contributed by atoms with Gasteiger partial charge in [0, 0.05) is 18.2 Å². The van der Waals surface area contributed by atoms with Crippen LogP contribution < -0.4 is 0 Å². The summed E-state index contributed by atoms with van der Waals surface area (Å²) < 4.78 is 6.26. The Balaban J connectivity index is 1.94. The van der Waals surface area contributed by atoms with E-state index < -0.39 is 5.97 Å². The van der Waals surface area contributed by atoms with Crippen molar-refractivity contribution < 1.29 is 14.6 Å². The van der Waals surface area contributed by atoms with Crippen molar-refractivity contribution >= 4 is 11.6 Å². The Morgan fingerprint density at radius 1 is 1.33 bits per heavy atom. The van der Waals surface area contributed by atoms with Gasteiger partial charge in [-0.1, -0.05) is 18.2 Å². The minimum atomic E-state index is -0.414. The molecule has 0 bridgehead atoms. The molecular weight excluding hydrogens is 270 g/mol. The Bertz CT molecular complexity index is 811. The van der Waals surface area contributed by atoms with E-state index in [0.717, 1.165) is 5.56 Å². The van der Waals surface area contributed by atoms with Crippen LogP contribution in [0.4, 0.5) is 0 Å². The van der Waals surface area contributed by atoms with Gasteiger partial charge in [0.15, 0.2) is 11.5 Å². The Morgan fingerprint density at radius 2 is 2.14 bits per heavy atom. The first-order valence-corrected chi connectivity index (χ1v) is 6.38. The number of ether oxygens (including phenoxy) is 1. The van der Waals surface area contributed by atoms with Crippen LogP contribution in [0.5, 0.6) is 5.75 Å². The van der Waals surface area contributed by atoms with Crippen LogP contribution >= 0.6 is 0 Å². The minimum Gasteiger partial charge on any atom is -0.508 e. The van der Waals surface area contributed by atoms with Crippen LogP contribution in [-0.4, -0.2) is 32.8 Å². The number of methoxy groups -OCH3 is 1. The fraction of sp³-hybridized carbons (Fsp3) is 0.133. The number of phenols is 1. The molecule has 0 radical (unpaired) electrons. The van der Waals surface area contributed by atoms with Gasteiger partial charge < -0.3 is 9.84 Å². The zero-order valence-electron chi connectivity index (χ0n) is 11.4. The predicted molar refractivity (Wildman–Crippen MR) is 75.2 cm³/mol. The van der Waals surface area contributed by atoms with Gasteiger partial charge in [0.25, 0.3) is 0 Å². The Kier molecular flexibility index (Phi) is 3.27. The third kappa shape index (κ3) is 2.55. The van der Waals surface area contributed by atoms with Crippen LogP contribution in [0.25, 0.3) is 5.65 Å². The van der Waals surface area contributed by atoms with Crippen molar-refractivity contribution in [1.82, 2.24) is 14.6 Å². The summed E-state index contributed by atoms with van der Waals surface area (Å²) in [6, 6.07) is 10.3. The van der Waals surface area contributed by atoms with Crippen molar-refractivity contribution in [2.45, 2.75) is 6.42 Å². The monoisotopic (exact) mass is 283 g/mol. The Labute approximate surface area is 120 Å². The van der Waals surface area contributed by atoms with Crippen LogP contribution in [0.1, 0.15) is 21.7 Å². The molecule has 1 aromatic carbocycles. The predicted octanol–water partition coefficient (Wildman–Crippen LogP) is 1.81. The Hall–Kier alpha value is -2.89. The van der Waals surface area contributed by atoms with E-state index in [4.69, 9.17) is 0 Å². The molecule has 0 spiro atoms. The van der Waals surface area contributed by atoms with E-state index in [0.29, 0.717) is 23.5 Å². The zero-order chi connectivity index (χ0) is 14.8. The summed E-state index contributed by atoms with van der Waals surface area (Å²) in [5.41, 5.74) is 1.73. The van der Waals surface area contributed by atoms with Crippen LogP contribution in [0, 0.1) is 0 Å². The molecular formula is C15H13N3O3. The molecule has 2 heterocycles. The number of aromatic hydroxyl groups is 1. The highest BCUT2D eigenvalue weighted by Crippen LogP contribution is 2.18. The zero-order valence-corrected chi connectivity index (χ0v) is 11.4. The molecule has 0 atom stereocenters. The first-order valence-electron chi connectivity index (χ1n) is 6.38. The maximum atomic E-state index is 11.5. The maximum Gasteiger partial charge on any atom is 0.338 e. The molecule has 0 aliphatic carbocycles. The highest BCUT2D eigenvalue weighted by Gasteiger charge is 2.10. The molecule has 0 saturated carbocycles. The number of carbonyl (C=O) groups excluding carboxylic acids is 1. The quantitative estimate of drug-likeness (QED) is 0.742. The summed E-state index contributed by atoms with van der Waals surface area (Å²) in [5, 5.41) is 14.1. The number of rotatable bonds is 3. The van der Waals surface area contributed by atoms with E-state index in [-0.39, 0.29) is 5.75 Å². The van der Waals surface area contributed by atoms with Crippen LogP contribution in [0.2, 0.25) is 0 Å². The van der Waals surface area contributed by atoms with Gasteiger partial charge in [0.2, 0.25) is 0 Å². The lowest BCUT2D eigenvalue weighted by atomic mass is 10.1. The normalized spacial score (nSPS) is 10.7. The number of phenolic OH excluding ortho intramolecular Hbond substituents is 1. The second-order valence-corrected chi connectivity index (χ2v) is 4.54. The van der Waals surface area contributed by atoms with Gasteiger partial charge in [0.1, 0.15) is 5.75 Å². The lowest BCUT2D eigenvalue weighted by Gasteiger charge is -1.99. The lowest BCUT2D eigenvalue weighted by Crippen LogP contribution is -2.02. The van der Waals surface area contributed by atoms with Crippen LogP contribution in [0.15, 0.2) is 42.6 Å². The molecule has 0 amide bonds. The third-order valence-electron chi connectivity index (χ3n) is 3.14. The number of aromatic nitrogens is 3. The number of nitrogens with zero attached hydrogens (tertiary/aromatic N) is 3. The fourth-order valence-corrected chi connectivity index (χ4v) is 2.08. The van der Waals surface area contributed by atoms with E-state index in [2.05, 4.69) is 14.8 Å². The summed E-state index contributed by atoms with van der Waals surface area (Å²) in [6.45, 7) is 0. The van der Waals surface area contributed by atoms with E-state index >= 15 is 0 Å². The van der Waals surface area contributed by atoms with Gasteiger partial charge in [-0.25, -0.2) is 14.3 Å². The average molecular weight is 283 g/mol. The first kappa shape index (κ1) is 13.1. The van der Waals surface area contributed by atoms with E-state index in [1.165, 1.54) is 7.11 Å². The number of carbonyl (C=O) groups is 1. The average Bonchev–Trinajstić information content (AvgIpc) is 2.90. The second-order valence-electron chi connectivity index (χ2n) is 4.54. The molecule has 0 aliphatic rings. The number of fused-ring (bicyclic) bond motifs is 1. The lowest BCUT2D eigenvalue weighted by molar-refractivity contribution is 0.0600. The summed E-state index contributed by atoms with van der Waals surface area (Å²) in [4.78, 5) is 15.8. The second kappa shape index (κ2) is 5.24. The number of benzene rings is 1. The van der Waals surface area contributed by atoms with Crippen molar-refractivity contribution in [3.63, 3.8) is 0 Å². The number of hydrogen-bond donors (Lipinski definition) is 1. The molecule has 0 aliphatic heterocycles. The van der Waals surface area contributed by atoms with Crippen molar-refractivity contribution in [2.24, 2.45) is 0 Å². The highest BCUT2D eigenvalue weighted by atomic mass is 16.5. The summed E-state index contributed by atoms with van der Waals surface area (Å²) >= 11 is 0. The summed E-state index contributed by atoms with van der Waals surface area (Å²) in [6.07, 6.45) is 2.07. The smallest absolute Gasteiger partial charge is 0.338 e. The molecule has 0 unspecified atom stereocenters. The molecule has 106 valence electrons. The third-order valence-corrected chi connectivity index (χ3v) is 3.14. The number of pyridine rings is 1. The van der Waals surface area contributed by atoms with Crippen molar-refractivity contribution in [1.29, 1.82) is 0 Å². The molecule has 0 fully saturated rings. The molecule has 3 rings (SSSR count). The molecule has 2 aromatic heterocycles. The minimum absolute atomic E-state index is 0.214. The summed E-state index contributed by atoms with van der Waals surface area (Å²) in [7, 11) is 1.33. The first-order chi connectivity index (χ1) is 10.2. The van der Waals surface area contributed by atoms with E-state index in [9.17, 15) is 9.90 Å². The Morgan fingerprint density at radius 3 is 2.90 bits per heavy atom. The van der Waals surface area contributed by atoms with Gasteiger partial charge in [-0.3, -0.25) is 0 Å². The van der Waals surface area contributed by atoms with Crippen molar-refractivity contribution in [3.05, 3.63) is 59.5 Å². The van der Waals surface area contributed by atoms with Gasteiger partial charge in [-0.15, -0.1) is 0 Å². The summed E-state index contributed by atoms with van der Waals surface area (Å²) in [5.74, 6) is 0.368. The van der Waals surface area contributed by atoms with E-state index in [1.807, 2.05) is 12.1 Å². The molecule has 6 heteroatoms. The van der Waals surface area contributed by atoms with Crippen molar-refractivity contribution in [3.8, 4) is 5.75 Å². The standard InChI is InChI=1S/C15H13N3O3/c1-21-15(20)11-6-7-18-14(9-11)16-13(17-18)8-10-4-2-3-5-12(10)19/h2-7,9,19H,8H2,1H3. The molecule has 0 saturated heterocycles. The topological polar surface area (TPSA) is 76.7 Å². The van der Waals surface area contributed by atoms with Crippen LogP contribution in [0.3, 0.4) is 0 Å². The molecule has 1 N–H and O–H groups in total. The van der Waals surface area contributed by atoms with Gasteiger partial charge in [0.05, 0.1) is 12.7 Å². The van der Waals surface area contributed by atoms with Gasteiger partial charge in [-0.05, 0) is 18.2 Å². The number of hydrogen-bond acceptors (Lipinski definition) is 5. The highest BCUT2D eigenvalue weighted by molar-refractivity contribution is 5.90. The molecule has 6 nitrogen and oxygen atoms in total. The molecule has 21 heavy (non-hydrogen) atoms. The van der Waals surface area contributed by atoms with Gasteiger partial charge in [-0.2, -0.15) is 5.10 Å². The van der Waals surface area contributed by atoms with Gasteiger partial charge >= 0.3 is 5.97 Å². The number of esters is 1. The van der Waals surface area contributed by atoms with Crippen molar-refractivity contribution in [2.75, 3.05) is 7.11 Å². The number of para-hydroxylation sites is 1. The fourth-order valence-electron chi connectivity index (χ4n) is 2.08. The van der Waals surface area contributed by atoms with Crippen LogP contribution in [-0.2, 0) is 11.2 Å². The largest absolute Gasteiger partial charge is 0.508 e. The SMILES string of the molecule is COC(=O)c1ccn2nc(Cc3ccccc3O)nc2c1. The molecule has 3 aromatic rings.